The molecule has 6 aromatic rings. The number of aryl methyl sites for hydroxylation is 1. The Balaban J connectivity index is 1.42. The van der Waals surface area contributed by atoms with E-state index in [1.165, 1.54) is 18.4 Å². The molecule has 0 saturated heterocycles. The zero-order valence-corrected chi connectivity index (χ0v) is 22.9. The van der Waals surface area contributed by atoms with Crippen LogP contribution in [0.15, 0.2) is 67.1 Å². The molecule has 40 heavy (non-hydrogen) atoms. The van der Waals surface area contributed by atoms with Crippen molar-refractivity contribution in [1.29, 1.82) is 0 Å². The highest BCUT2D eigenvalue weighted by molar-refractivity contribution is 7.90. The molecule has 0 aliphatic rings. The number of halogens is 1. The highest BCUT2D eigenvalue weighted by Gasteiger charge is 2.17. The number of benzene rings is 2. The van der Waals surface area contributed by atoms with E-state index in [1.54, 1.807) is 18.6 Å². The molecule has 11 heteroatoms. The predicted molar refractivity (Wildman–Crippen MR) is 155 cm³/mol. The number of pyridine rings is 2. The number of hydrogen-bond acceptors (Lipinski definition) is 7. The number of nitrogens with zero attached hydrogens (tertiary/aromatic N) is 5. The van der Waals surface area contributed by atoms with E-state index in [0.717, 1.165) is 38.9 Å². The lowest BCUT2D eigenvalue weighted by molar-refractivity contribution is 0.600. The van der Waals surface area contributed by atoms with E-state index >= 15 is 0 Å². The van der Waals surface area contributed by atoms with Crippen LogP contribution >= 0.6 is 0 Å². The predicted octanol–water partition coefficient (Wildman–Crippen LogP) is 5.02. The highest BCUT2D eigenvalue weighted by atomic mass is 32.2. The number of aromatic amines is 2. The van der Waals surface area contributed by atoms with Crippen molar-refractivity contribution < 1.29 is 12.8 Å². The van der Waals surface area contributed by atoms with Crippen molar-refractivity contribution >= 4 is 37.5 Å². The van der Waals surface area contributed by atoms with Gasteiger partial charge in [-0.1, -0.05) is 18.2 Å². The van der Waals surface area contributed by atoms with E-state index in [1.807, 2.05) is 55.4 Å². The highest BCUT2D eigenvalue weighted by Crippen LogP contribution is 2.33. The summed E-state index contributed by atoms with van der Waals surface area (Å²) in [5.74, 6) is 0.0743. The van der Waals surface area contributed by atoms with Crippen LogP contribution in [0.3, 0.4) is 0 Å². The summed E-state index contributed by atoms with van der Waals surface area (Å²) in [7, 11) is 0.746. The summed E-state index contributed by atoms with van der Waals surface area (Å²) >= 11 is 0. The fourth-order valence-corrected chi connectivity index (χ4v) is 5.30. The lowest BCUT2D eigenvalue weighted by Crippen LogP contribution is -2.08. The van der Waals surface area contributed by atoms with Gasteiger partial charge in [-0.25, -0.2) is 17.8 Å². The van der Waals surface area contributed by atoms with Gasteiger partial charge in [0.1, 0.15) is 21.3 Å². The summed E-state index contributed by atoms with van der Waals surface area (Å²) in [6.07, 6.45) is 6.72. The summed E-state index contributed by atoms with van der Waals surface area (Å²) < 4.78 is 37.9. The number of fused-ring (bicyclic) bond motifs is 2. The van der Waals surface area contributed by atoms with Crippen LogP contribution in [0.1, 0.15) is 5.56 Å². The Morgan fingerprint density at radius 1 is 0.975 bits per heavy atom. The van der Waals surface area contributed by atoms with Gasteiger partial charge in [0, 0.05) is 43.1 Å². The number of para-hydroxylation sites is 1. The number of H-pyrrole nitrogens is 2. The molecule has 6 rings (SSSR count). The molecule has 0 unspecified atom stereocenters. The molecule has 2 aromatic carbocycles. The number of aromatic nitrogens is 6. The first-order chi connectivity index (χ1) is 19.1. The van der Waals surface area contributed by atoms with Crippen molar-refractivity contribution in [2.75, 3.05) is 31.0 Å². The summed E-state index contributed by atoms with van der Waals surface area (Å²) in [4.78, 5) is 19.2. The fourth-order valence-electron chi connectivity index (χ4n) is 4.70. The minimum absolute atomic E-state index is 0.0504. The zero-order valence-electron chi connectivity index (χ0n) is 22.1. The van der Waals surface area contributed by atoms with Gasteiger partial charge in [0.15, 0.2) is 5.82 Å². The lowest BCUT2D eigenvalue weighted by atomic mass is 10.0. The molecular weight excluding hydrogens is 529 g/mol. The third-order valence-corrected chi connectivity index (χ3v) is 7.70. The normalized spacial score (nSPS) is 11.9. The van der Waals surface area contributed by atoms with Crippen LogP contribution in [0.4, 0.5) is 10.1 Å². The van der Waals surface area contributed by atoms with E-state index in [4.69, 9.17) is 4.98 Å². The number of sulfone groups is 1. The molecule has 9 nitrogen and oxygen atoms in total. The van der Waals surface area contributed by atoms with Gasteiger partial charge in [0.25, 0.3) is 0 Å². The number of hydrogen-bond donors (Lipinski definition) is 2. The summed E-state index contributed by atoms with van der Waals surface area (Å²) in [6, 6.07) is 14.2. The molecule has 2 N–H and O–H groups in total. The van der Waals surface area contributed by atoms with Crippen molar-refractivity contribution in [2.45, 2.75) is 6.42 Å². The van der Waals surface area contributed by atoms with E-state index in [-0.39, 0.29) is 12.2 Å². The molecule has 202 valence electrons. The van der Waals surface area contributed by atoms with Gasteiger partial charge in [-0.2, -0.15) is 5.10 Å². The Labute approximate surface area is 230 Å². The van der Waals surface area contributed by atoms with Crippen LogP contribution in [0.25, 0.3) is 55.8 Å². The average molecular weight is 556 g/mol. The van der Waals surface area contributed by atoms with Gasteiger partial charge in [-0.05, 0) is 47.9 Å². The Morgan fingerprint density at radius 3 is 2.62 bits per heavy atom. The van der Waals surface area contributed by atoms with Crippen LogP contribution in [-0.4, -0.2) is 64.7 Å². The first kappa shape index (κ1) is 25.6. The van der Waals surface area contributed by atoms with Gasteiger partial charge < -0.3 is 9.88 Å². The van der Waals surface area contributed by atoms with Crippen LogP contribution < -0.4 is 4.90 Å². The molecule has 4 heterocycles. The molecule has 0 aliphatic carbocycles. The van der Waals surface area contributed by atoms with Crippen LogP contribution in [-0.2, 0) is 16.3 Å². The van der Waals surface area contributed by atoms with Crippen molar-refractivity contribution in [2.24, 2.45) is 0 Å². The molecule has 0 aliphatic heterocycles. The lowest BCUT2D eigenvalue weighted by Gasteiger charge is -2.12. The maximum Gasteiger partial charge on any atom is 0.159 e. The second-order valence-corrected chi connectivity index (χ2v) is 12.3. The van der Waals surface area contributed by atoms with Crippen molar-refractivity contribution in [3.05, 3.63) is 78.5 Å². The minimum Gasteiger partial charge on any atom is -0.376 e. The third kappa shape index (κ3) is 5.03. The number of imidazole rings is 1. The largest absolute Gasteiger partial charge is 0.376 e. The maximum absolute atomic E-state index is 14.6. The second kappa shape index (κ2) is 9.83. The standard InChI is InChI=1S/C29H26FN7O2S/c1-37(2)21-12-19(14-31-15-21)25-13-23-26(16-32-25)35-36-28(23)29-33-24-6-4-5-22(27(24)34-29)18-9-17(10-20(30)11-18)7-8-40(3,38)39/h4-6,9-16H,7-8H2,1-3H3,(H,33,34)(H,35,36). The molecule has 0 atom stereocenters. The van der Waals surface area contributed by atoms with E-state index < -0.39 is 15.7 Å². The first-order valence-corrected chi connectivity index (χ1v) is 14.6. The molecular formula is C29H26FN7O2S. The molecule has 4 aromatic heterocycles. The Hall–Kier alpha value is -4.64. The van der Waals surface area contributed by atoms with Crippen molar-refractivity contribution in [3.63, 3.8) is 0 Å². The summed E-state index contributed by atoms with van der Waals surface area (Å²) in [6.45, 7) is 0. The maximum atomic E-state index is 14.6. The van der Waals surface area contributed by atoms with Crippen LogP contribution in [0.2, 0.25) is 0 Å². The molecule has 0 fully saturated rings. The Bertz CT molecular complexity index is 2000. The van der Waals surface area contributed by atoms with E-state index in [0.29, 0.717) is 28.2 Å². The Morgan fingerprint density at radius 2 is 1.82 bits per heavy atom. The Kier molecular flexibility index (Phi) is 6.30. The minimum atomic E-state index is -3.17. The summed E-state index contributed by atoms with van der Waals surface area (Å²) in [5.41, 5.74) is 7.38. The van der Waals surface area contributed by atoms with Crippen molar-refractivity contribution in [1.82, 2.24) is 30.1 Å². The third-order valence-electron chi connectivity index (χ3n) is 6.75. The van der Waals surface area contributed by atoms with Gasteiger partial charge in [0.2, 0.25) is 0 Å². The molecule has 0 saturated carbocycles. The van der Waals surface area contributed by atoms with E-state index in [9.17, 15) is 12.8 Å². The van der Waals surface area contributed by atoms with Gasteiger partial charge in [-0.15, -0.1) is 0 Å². The molecule has 0 spiro atoms. The fraction of sp³-hybridized carbons (Fsp3) is 0.172. The second-order valence-electron chi connectivity index (χ2n) is 10.0. The summed E-state index contributed by atoms with van der Waals surface area (Å²) in [5, 5.41) is 8.39. The number of nitrogens with one attached hydrogen (secondary N) is 2. The van der Waals surface area contributed by atoms with Crippen LogP contribution in [0, 0.1) is 5.82 Å². The monoisotopic (exact) mass is 555 g/mol. The van der Waals surface area contributed by atoms with Crippen LogP contribution in [0.5, 0.6) is 0 Å². The van der Waals surface area contributed by atoms with E-state index in [2.05, 4.69) is 25.1 Å². The molecule has 0 radical (unpaired) electrons. The number of anilines is 1. The average Bonchev–Trinajstić information content (AvgIpc) is 3.55. The smallest absolute Gasteiger partial charge is 0.159 e. The topological polar surface area (TPSA) is 121 Å². The first-order valence-electron chi connectivity index (χ1n) is 12.6. The van der Waals surface area contributed by atoms with Crippen molar-refractivity contribution in [3.8, 4) is 33.9 Å². The number of rotatable bonds is 7. The van der Waals surface area contributed by atoms with Gasteiger partial charge >= 0.3 is 0 Å². The quantitative estimate of drug-likeness (QED) is 0.284. The van der Waals surface area contributed by atoms with Gasteiger partial charge in [-0.3, -0.25) is 15.1 Å². The molecule has 0 bridgehead atoms. The van der Waals surface area contributed by atoms with Gasteiger partial charge in [0.05, 0.1) is 46.1 Å². The SMILES string of the molecule is CN(C)c1cncc(-c2cc3c(-c4nc5c(-c6cc(F)cc(CCS(C)(=O)=O)c6)cccc5[nH]4)n[nH]c3cn2)c1. The zero-order chi connectivity index (χ0) is 28.0. The molecule has 0 amide bonds.